The van der Waals surface area contributed by atoms with Crippen molar-refractivity contribution in [1.29, 1.82) is 0 Å². The molecule has 1 aromatic heterocycles. The maximum atomic E-state index is 5.24. The van der Waals surface area contributed by atoms with Crippen LogP contribution in [0.4, 0.5) is 0 Å². The number of hydrogen-bond donors (Lipinski definition) is 1. The molecule has 0 atom stereocenters. The fourth-order valence-electron chi connectivity index (χ4n) is 1.04. The van der Waals surface area contributed by atoms with Gasteiger partial charge in [0.05, 0.1) is 0 Å². The zero-order chi connectivity index (χ0) is 9.14. The van der Waals surface area contributed by atoms with Crippen molar-refractivity contribution in [2.75, 3.05) is 0 Å². The van der Waals surface area contributed by atoms with Gasteiger partial charge in [-0.25, -0.2) is 0 Å². The molecule has 1 aromatic rings. The molecule has 0 spiro atoms. The molecular formula is C8H13N3S. The molecule has 0 radical (unpaired) electrons. The molecule has 12 heavy (non-hydrogen) atoms. The SMILES string of the molecule is C=CCn1c(C)c(C)sc1=NN. The summed E-state index contributed by atoms with van der Waals surface area (Å²) in [6, 6.07) is 0. The second-order valence-electron chi connectivity index (χ2n) is 2.55. The topological polar surface area (TPSA) is 43.3 Å². The van der Waals surface area contributed by atoms with Gasteiger partial charge in [0.2, 0.25) is 4.80 Å². The second-order valence-corrected chi connectivity index (χ2v) is 3.74. The average molecular weight is 183 g/mol. The van der Waals surface area contributed by atoms with Gasteiger partial charge in [0.15, 0.2) is 0 Å². The van der Waals surface area contributed by atoms with E-state index in [9.17, 15) is 0 Å². The number of nitrogens with zero attached hydrogens (tertiary/aromatic N) is 2. The minimum Gasteiger partial charge on any atom is -0.320 e. The molecule has 1 heterocycles. The lowest BCUT2D eigenvalue weighted by molar-refractivity contribution is 0.748. The van der Waals surface area contributed by atoms with E-state index in [0.717, 1.165) is 11.3 Å². The molecule has 0 aliphatic heterocycles. The van der Waals surface area contributed by atoms with Crippen molar-refractivity contribution < 1.29 is 0 Å². The third-order valence-corrected chi connectivity index (χ3v) is 2.92. The summed E-state index contributed by atoms with van der Waals surface area (Å²) in [5.41, 5.74) is 1.21. The van der Waals surface area contributed by atoms with Crippen LogP contribution in [0.3, 0.4) is 0 Å². The number of allylic oxidation sites excluding steroid dienone is 1. The molecule has 1 rings (SSSR count). The van der Waals surface area contributed by atoms with Gasteiger partial charge in [-0.1, -0.05) is 6.08 Å². The molecule has 0 aliphatic carbocycles. The maximum Gasteiger partial charge on any atom is 0.208 e. The predicted molar refractivity (Wildman–Crippen MR) is 51.7 cm³/mol. The Morgan fingerprint density at radius 3 is 2.83 bits per heavy atom. The first kappa shape index (κ1) is 9.06. The highest BCUT2D eigenvalue weighted by atomic mass is 32.1. The first-order valence-electron chi connectivity index (χ1n) is 3.72. The van der Waals surface area contributed by atoms with Gasteiger partial charge in [-0.3, -0.25) is 0 Å². The van der Waals surface area contributed by atoms with Gasteiger partial charge < -0.3 is 10.4 Å². The van der Waals surface area contributed by atoms with E-state index in [-0.39, 0.29) is 0 Å². The van der Waals surface area contributed by atoms with Crippen molar-refractivity contribution in [3.63, 3.8) is 0 Å². The Labute approximate surface area is 75.8 Å². The molecule has 0 bridgehead atoms. The van der Waals surface area contributed by atoms with Crippen LogP contribution in [0.5, 0.6) is 0 Å². The molecule has 2 N–H and O–H groups in total. The molecule has 0 aromatic carbocycles. The van der Waals surface area contributed by atoms with Crippen LogP contribution in [0.25, 0.3) is 0 Å². The summed E-state index contributed by atoms with van der Waals surface area (Å²) in [6.07, 6.45) is 1.84. The van der Waals surface area contributed by atoms with Gasteiger partial charge in [-0.05, 0) is 13.8 Å². The van der Waals surface area contributed by atoms with Crippen molar-refractivity contribution in [3.05, 3.63) is 28.0 Å². The standard InChI is InChI=1S/C8H13N3S/c1-4-5-11-6(2)7(3)12-8(11)10-9/h4H,1,5,9H2,2-3H3. The summed E-state index contributed by atoms with van der Waals surface area (Å²) in [7, 11) is 0. The quantitative estimate of drug-likeness (QED) is 0.417. The van der Waals surface area contributed by atoms with Crippen molar-refractivity contribution in [1.82, 2.24) is 4.57 Å². The van der Waals surface area contributed by atoms with Gasteiger partial charge in [0, 0.05) is 17.1 Å². The molecule has 0 aliphatic rings. The average Bonchev–Trinajstić information content (AvgIpc) is 2.33. The number of hydrogen-bond acceptors (Lipinski definition) is 3. The van der Waals surface area contributed by atoms with Crippen molar-refractivity contribution in [2.24, 2.45) is 10.9 Å². The van der Waals surface area contributed by atoms with Crippen molar-refractivity contribution in [2.45, 2.75) is 20.4 Å². The van der Waals surface area contributed by atoms with E-state index in [4.69, 9.17) is 5.84 Å². The molecule has 4 heteroatoms. The summed E-state index contributed by atoms with van der Waals surface area (Å²) in [6.45, 7) is 8.58. The molecule has 66 valence electrons. The Kier molecular flexibility index (Phi) is 2.70. The van der Waals surface area contributed by atoms with Gasteiger partial charge in [-0.2, -0.15) is 5.10 Å². The van der Waals surface area contributed by atoms with E-state index in [2.05, 4.69) is 25.5 Å². The number of thiazole rings is 1. The van der Waals surface area contributed by atoms with E-state index >= 15 is 0 Å². The molecule has 0 saturated heterocycles. The van der Waals surface area contributed by atoms with E-state index in [1.807, 2.05) is 10.6 Å². The Morgan fingerprint density at radius 2 is 2.33 bits per heavy atom. The fourth-order valence-corrected chi connectivity index (χ4v) is 1.95. The number of aryl methyl sites for hydroxylation is 1. The van der Waals surface area contributed by atoms with Crippen LogP contribution in [0.1, 0.15) is 10.6 Å². The largest absolute Gasteiger partial charge is 0.320 e. The second kappa shape index (κ2) is 3.58. The minimum atomic E-state index is 0.770. The third kappa shape index (κ3) is 1.43. The lowest BCUT2D eigenvalue weighted by Crippen LogP contribution is -2.17. The van der Waals surface area contributed by atoms with Gasteiger partial charge >= 0.3 is 0 Å². The predicted octanol–water partition coefficient (Wildman–Crippen LogP) is 1.13. The Morgan fingerprint density at radius 1 is 1.67 bits per heavy atom. The van der Waals surface area contributed by atoms with Crippen molar-refractivity contribution in [3.8, 4) is 0 Å². The zero-order valence-electron chi connectivity index (χ0n) is 7.37. The minimum absolute atomic E-state index is 0.770. The van der Waals surface area contributed by atoms with Gasteiger partial charge in [0.25, 0.3) is 0 Å². The lowest BCUT2D eigenvalue weighted by Gasteiger charge is -2.00. The summed E-state index contributed by atoms with van der Waals surface area (Å²) >= 11 is 1.60. The Hall–Kier alpha value is -1.03. The van der Waals surface area contributed by atoms with Gasteiger partial charge in [0.1, 0.15) is 0 Å². The van der Waals surface area contributed by atoms with Crippen LogP contribution in [0, 0.1) is 13.8 Å². The first-order valence-corrected chi connectivity index (χ1v) is 4.54. The van der Waals surface area contributed by atoms with Crippen molar-refractivity contribution >= 4 is 11.3 Å². The maximum absolute atomic E-state index is 5.24. The molecule has 0 fully saturated rings. The van der Waals surface area contributed by atoms with E-state index in [1.54, 1.807) is 11.3 Å². The van der Waals surface area contributed by atoms with E-state index in [1.165, 1.54) is 10.6 Å². The highest BCUT2D eigenvalue weighted by Gasteiger charge is 2.03. The highest BCUT2D eigenvalue weighted by molar-refractivity contribution is 7.09. The van der Waals surface area contributed by atoms with Crippen LogP contribution in [0.2, 0.25) is 0 Å². The number of aromatic nitrogens is 1. The number of nitrogens with two attached hydrogens (primary N) is 1. The fraction of sp³-hybridized carbons (Fsp3) is 0.375. The summed E-state index contributed by atoms with van der Waals surface area (Å²) in [5, 5.41) is 3.70. The van der Waals surface area contributed by atoms with Crippen LogP contribution < -0.4 is 10.6 Å². The summed E-state index contributed by atoms with van der Waals surface area (Å²) < 4.78 is 2.05. The molecule has 0 saturated carbocycles. The first-order chi connectivity index (χ1) is 5.70. The molecule has 0 amide bonds. The van der Waals surface area contributed by atoms with Crippen LogP contribution >= 0.6 is 11.3 Å². The highest BCUT2D eigenvalue weighted by Crippen LogP contribution is 2.08. The van der Waals surface area contributed by atoms with E-state index < -0.39 is 0 Å². The lowest BCUT2D eigenvalue weighted by atomic mass is 10.4. The molecule has 3 nitrogen and oxygen atoms in total. The summed E-state index contributed by atoms with van der Waals surface area (Å²) in [5.74, 6) is 5.24. The smallest absolute Gasteiger partial charge is 0.208 e. The monoisotopic (exact) mass is 183 g/mol. The Balaban J connectivity index is 3.31. The number of rotatable bonds is 2. The molecule has 0 unspecified atom stereocenters. The normalized spacial score (nSPS) is 12.0. The molecular weight excluding hydrogens is 170 g/mol. The van der Waals surface area contributed by atoms with Crippen LogP contribution in [-0.2, 0) is 6.54 Å². The zero-order valence-corrected chi connectivity index (χ0v) is 8.19. The van der Waals surface area contributed by atoms with E-state index in [0.29, 0.717) is 0 Å². The van der Waals surface area contributed by atoms with Crippen LogP contribution in [0.15, 0.2) is 17.8 Å². The Bertz CT molecular complexity index is 346. The third-order valence-electron chi connectivity index (χ3n) is 1.81. The summed E-state index contributed by atoms with van der Waals surface area (Å²) in [4.78, 5) is 2.10. The van der Waals surface area contributed by atoms with Crippen LogP contribution in [-0.4, -0.2) is 4.57 Å². The van der Waals surface area contributed by atoms with Gasteiger partial charge in [-0.15, -0.1) is 17.9 Å².